The van der Waals surface area contributed by atoms with Crippen molar-refractivity contribution >= 4 is 23.3 Å². The van der Waals surface area contributed by atoms with Gasteiger partial charge in [-0.15, -0.1) is 10.2 Å². The Morgan fingerprint density at radius 3 is 2.61 bits per heavy atom. The number of fused-ring (bicyclic) bond motifs is 1. The average molecular weight is 434 g/mol. The van der Waals surface area contributed by atoms with E-state index in [4.69, 9.17) is 4.74 Å². The minimum atomic E-state index is -0.0413. The Kier molecular flexibility index (Phi) is 6.78. The van der Waals surface area contributed by atoms with Crippen LogP contribution in [0, 0.1) is 0 Å². The Morgan fingerprint density at radius 2 is 1.84 bits per heavy atom. The van der Waals surface area contributed by atoms with Gasteiger partial charge in [0.05, 0.1) is 18.1 Å². The van der Waals surface area contributed by atoms with Crippen molar-refractivity contribution in [3.05, 3.63) is 72.3 Å². The zero-order chi connectivity index (χ0) is 21.5. The third-order valence-corrected chi connectivity index (χ3v) is 5.53. The predicted molar refractivity (Wildman–Crippen MR) is 121 cm³/mol. The van der Waals surface area contributed by atoms with E-state index in [2.05, 4.69) is 32.7 Å². The summed E-state index contributed by atoms with van der Waals surface area (Å²) in [6.07, 6.45) is 0.804. The molecule has 0 aliphatic carbocycles. The maximum atomic E-state index is 12.2. The lowest BCUT2D eigenvalue weighted by Gasteiger charge is -2.06. The number of nitrogens with one attached hydrogen (secondary N) is 1. The molecule has 0 aliphatic heterocycles. The molecule has 2 heterocycles. The number of carbonyl (C=O) groups excluding carboxylic acids is 1. The van der Waals surface area contributed by atoms with Crippen LogP contribution in [0.5, 0.6) is 5.75 Å². The molecule has 158 valence electrons. The van der Waals surface area contributed by atoms with E-state index in [9.17, 15) is 4.79 Å². The predicted octanol–water partition coefficient (Wildman–Crippen LogP) is 3.64. The molecule has 0 fully saturated rings. The van der Waals surface area contributed by atoms with Crippen LogP contribution in [0.25, 0.3) is 16.9 Å². The summed E-state index contributed by atoms with van der Waals surface area (Å²) >= 11 is 1.32. The second kappa shape index (κ2) is 10.1. The highest BCUT2D eigenvalue weighted by Crippen LogP contribution is 2.23. The van der Waals surface area contributed by atoms with Crippen molar-refractivity contribution in [1.82, 2.24) is 25.1 Å². The summed E-state index contributed by atoms with van der Waals surface area (Å²) in [5.41, 5.74) is 3.60. The smallest absolute Gasteiger partial charge is 0.230 e. The van der Waals surface area contributed by atoms with E-state index >= 15 is 0 Å². The van der Waals surface area contributed by atoms with Gasteiger partial charge in [0.1, 0.15) is 5.75 Å². The number of aromatic nitrogens is 4. The fourth-order valence-electron chi connectivity index (χ4n) is 3.07. The molecule has 0 aliphatic rings. The molecular formula is C23H23N5O2S. The van der Waals surface area contributed by atoms with E-state index in [1.807, 2.05) is 61.5 Å². The average Bonchev–Trinajstić information content (AvgIpc) is 3.21. The summed E-state index contributed by atoms with van der Waals surface area (Å²) in [5, 5.41) is 16.5. The minimum Gasteiger partial charge on any atom is -0.494 e. The fourth-order valence-corrected chi connectivity index (χ4v) is 3.79. The van der Waals surface area contributed by atoms with Crippen LogP contribution in [0.2, 0.25) is 0 Å². The number of carbonyl (C=O) groups is 1. The number of hydrogen-bond donors (Lipinski definition) is 1. The first-order valence-corrected chi connectivity index (χ1v) is 11.1. The van der Waals surface area contributed by atoms with Gasteiger partial charge in [0.2, 0.25) is 11.1 Å². The first kappa shape index (κ1) is 20.9. The van der Waals surface area contributed by atoms with Gasteiger partial charge in [0, 0.05) is 12.1 Å². The molecule has 4 rings (SSSR count). The molecule has 0 radical (unpaired) electrons. The van der Waals surface area contributed by atoms with Crippen molar-refractivity contribution in [1.29, 1.82) is 0 Å². The van der Waals surface area contributed by atoms with Crippen molar-refractivity contribution in [2.75, 3.05) is 18.9 Å². The van der Waals surface area contributed by atoms with Crippen molar-refractivity contribution in [3.63, 3.8) is 0 Å². The van der Waals surface area contributed by atoms with Gasteiger partial charge in [-0.25, -0.2) is 0 Å². The van der Waals surface area contributed by atoms with Crippen molar-refractivity contribution < 1.29 is 9.53 Å². The van der Waals surface area contributed by atoms with Gasteiger partial charge in [-0.05, 0) is 55.3 Å². The highest BCUT2D eigenvalue weighted by molar-refractivity contribution is 7.99. The van der Waals surface area contributed by atoms with Crippen LogP contribution in [0.15, 0.2) is 71.9 Å². The lowest BCUT2D eigenvalue weighted by Crippen LogP contribution is -2.27. The molecule has 0 bridgehead atoms. The monoisotopic (exact) mass is 433 g/mol. The summed E-state index contributed by atoms with van der Waals surface area (Å²) in [5.74, 6) is 1.04. The van der Waals surface area contributed by atoms with Gasteiger partial charge >= 0.3 is 0 Å². The lowest BCUT2D eigenvalue weighted by atomic mass is 10.1. The number of hydrogen-bond acceptors (Lipinski definition) is 6. The van der Waals surface area contributed by atoms with E-state index in [1.54, 1.807) is 4.52 Å². The molecule has 4 aromatic rings. The molecule has 31 heavy (non-hydrogen) atoms. The molecule has 0 atom stereocenters. The van der Waals surface area contributed by atoms with Crippen molar-refractivity contribution in [2.24, 2.45) is 0 Å². The summed E-state index contributed by atoms with van der Waals surface area (Å²) in [4.78, 5) is 12.2. The topological polar surface area (TPSA) is 81.4 Å². The number of amides is 1. The van der Waals surface area contributed by atoms with Gasteiger partial charge < -0.3 is 10.1 Å². The molecule has 2 aromatic heterocycles. The van der Waals surface area contributed by atoms with Gasteiger partial charge in [-0.2, -0.15) is 9.61 Å². The van der Waals surface area contributed by atoms with Crippen molar-refractivity contribution in [3.8, 4) is 17.0 Å². The lowest BCUT2D eigenvalue weighted by molar-refractivity contribution is -0.118. The molecule has 2 aromatic carbocycles. The quantitative estimate of drug-likeness (QED) is 0.406. The Bertz CT molecular complexity index is 1150. The number of benzene rings is 2. The van der Waals surface area contributed by atoms with Crippen LogP contribution in [0.4, 0.5) is 0 Å². The Balaban J connectivity index is 1.37. The number of nitrogens with zero attached hydrogens (tertiary/aromatic N) is 4. The first-order chi connectivity index (χ1) is 15.2. The molecule has 0 saturated heterocycles. The van der Waals surface area contributed by atoms with Crippen molar-refractivity contribution in [2.45, 2.75) is 18.5 Å². The second-order valence-electron chi connectivity index (χ2n) is 6.80. The van der Waals surface area contributed by atoms with Crippen LogP contribution in [0.1, 0.15) is 12.5 Å². The van der Waals surface area contributed by atoms with Gasteiger partial charge in [0.25, 0.3) is 0 Å². The number of thioether (sulfide) groups is 1. The summed E-state index contributed by atoms with van der Waals surface area (Å²) < 4.78 is 7.17. The maximum absolute atomic E-state index is 12.2. The van der Waals surface area contributed by atoms with E-state index in [0.717, 1.165) is 23.4 Å². The molecule has 1 N–H and O–H groups in total. The molecular weight excluding hydrogens is 410 g/mol. The highest BCUT2D eigenvalue weighted by Gasteiger charge is 2.12. The summed E-state index contributed by atoms with van der Waals surface area (Å²) in [6.45, 7) is 3.19. The molecule has 8 heteroatoms. The zero-order valence-corrected chi connectivity index (χ0v) is 18.0. The third-order valence-electron chi connectivity index (χ3n) is 4.61. The zero-order valence-electron chi connectivity index (χ0n) is 17.2. The van der Waals surface area contributed by atoms with Crippen LogP contribution in [0.3, 0.4) is 0 Å². The normalized spacial score (nSPS) is 10.9. The summed E-state index contributed by atoms with van der Waals surface area (Å²) in [6, 6.07) is 21.6. The fraction of sp³-hybridized carbons (Fsp3) is 0.217. The Labute approximate surface area is 184 Å². The molecule has 0 spiro atoms. The summed E-state index contributed by atoms with van der Waals surface area (Å²) in [7, 11) is 0. The van der Waals surface area contributed by atoms with E-state index in [-0.39, 0.29) is 11.7 Å². The SMILES string of the molecule is CCOc1ccc(-c2ccc3nnc(SCC(=O)NCCc4ccccc4)n3n2)cc1. The first-order valence-electron chi connectivity index (χ1n) is 10.1. The molecule has 7 nitrogen and oxygen atoms in total. The number of rotatable bonds is 9. The van der Waals surface area contributed by atoms with Gasteiger partial charge in [-0.3, -0.25) is 4.79 Å². The van der Waals surface area contributed by atoms with Crippen LogP contribution in [-0.2, 0) is 11.2 Å². The molecule has 0 unspecified atom stereocenters. The third kappa shape index (κ3) is 5.40. The standard InChI is InChI=1S/C23H23N5O2S/c1-2-30-19-10-8-18(9-11-19)20-12-13-21-25-26-23(28(21)27-20)31-16-22(29)24-15-14-17-6-4-3-5-7-17/h3-13H,2,14-16H2,1H3,(H,24,29). The molecule has 1 amide bonds. The van der Waals surface area contributed by atoms with Gasteiger partial charge in [-0.1, -0.05) is 42.1 Å². The van der Waals surface area contributed by atoms with E-state index in [0.29, 0.717) is 24.0 Å². The highest BCUT2D eigenvalue weighted by atomic mass is 32.2. The Morgan fingerprint density at radius 1 is 1.03 bits per heavy atom. The van der Waals surface area contributed by atoms with E-state index < -0.39 is 0 Å². The van der Waals surface area contributed by atoms with Crippen LogP contribution in [-0.4, -0.2) is 44.6 Å². The largest absolute Gasteiger partial charge is 0.494 e. The van der Waals surface area contributed by atoms with Gasteiger partial charge in [0.15, 0.2) is 5.65 Å². The minimum absolute atomic E-state index is 0.0413. The van der Waals surface area contributed by atoms with Crippen LogP contribution < -0.4 is 10.1 Å². The van der Waals surface area contributed by atoms with E-state index in [1.165, 1.54) is 17.3 Å². The van der Waals surface area contributed by atoms with Crippen LogP contribution >= 0.6 is 11.8 Å². The second-order valence-corrected chi connectivity index (χ2v) is 7.75. The Hall–Kier alpha value is -3.39. The number of ether oxygens (including phenoxy) is 1. The molecule has 0 saturated carbocycles. The maximum Gasteiger partial charge on any atom is 0.230 e.